The summed E-state index contributed by atoms with van der Waals surface area (Å²) in [6.45, 7) is 3.84. The number of hydrogen-bond acceptors (Lipinski definition) is 7. The Bertz CT molecular complexity index is 662. The summed E-state index contributed by atoms with van der Waals surface area (Å²) in [5, 5.41) is 22.7. The van der Waals surface area contributed by atoms with Crippen molar-refractivity contribution in [2.45, 2.75) is 18.1 Å². The van der Waals surface area contributed by atoms with Gasteiger partial charge in [0.05, 0.1) is 16.9 Å². The van der Waals surface area contributed by atoms with Crippen molar-refractivity contribution in [1.82, 2.24) is 4.31 Å². The molecule has 10 heteroatoms. The maximum absolute atomic E-state index is 12.4. The molecule has 0 saturated carbocycles. The molecule has 1 aromatic heterocycles. The van der Waals surface area contributed by atoms with Crippen molar-refractivity contribution < 1.29 is 13.3 Å². The Labute approximate surface area is 127 Å². The number of nitriles is 1. The molecule has 1 atom stereocenters. The van der Waals surface area contributed by atoms with Gasteiger partial charge in [0.25, 0.3) is 10.0 Å². The summed E-state index contributed by atoms with van der Waals surface area (Å²) >= 11 is 0.817. The van der Waals surface area contributed by atoms with Crippen LogP contribution >= 0.6 is 11.3 Å². The molecule has 1 aromatic rings. The minimum absolute atomic E-state index is 0.0288. The Balaban J connectivity index is 3.17. The zero-order chi connectivity index (χ0) is 16.2. The minimum Gasteiger partial charge on any atom is -0.372 e. The highest BCUT2D eigenvalue weighted by Crippen LogP contribution is 2.37. The van der Waals surface area contributed by atoms with E-state index in [2.05, 4.69) is 5.32 Å². The van der Waals surface area contributed by atoms with E-state index >= 15 is 0 Å². The lowest BCUT2D eigenvalue weighted by Crippen LogP contribution is -2.30. The van der Waals surface area contributed by atoms with E-state index in [-0.39, 0.29) is 21.4 Å². The zero-order valence-corrected chi connectivity index (χ0v) is 13.5. The van der Waals surface area contributed by atoms with Crippen molar-refractivity contribution in [3.8, 4) is 6.07 Å². The van der Waals surface area contributed by atoms with E-state index < -0.39 is 20.9 Å². The van der Waals surface area contributed by atoms with Gasteiger partial charge in [-0.15, -0.1) is 0 Å². The van der Waals surface area contributed by atoms with Crippen LogP contribution in [-0.4, -0.2) is 37.8 Å². The molecule has 0 aliphatic heterocycles. The average Bonchev–Trinajstić information content (AvgIpc) is 2.83. The molecule has 0 aliphatic rings. The number of nitrogens with zero attached hydrogens (tertiary/aromatic N) is 3. The van der Waals surface area contributed by atoms with Crippen molar-refractivity contribution in [2.24, 2.45) is 5.92 Å². The van der Waals surface area contributed by atoms with E-state index in [1.807, 2.05) is 6.07 Å². The maximum Gasteiger partial charge on any atom is 0.304 e. The van der Waals surface area contributed by atoms with E-state index in [9.17, 15) is 18.5 Å². The van der Waals surface area contributed by atoms with Gasteiger partial charge in [-0.05, 0) is 13.8 Å². The second-order valence-electron chi connectivity index (χ2n) is 4.38. The van der Waals surface area contributed by atoms with Crippen LogP contribution in [0.4, 0.5) is 10.7 Å². The molecule has 0 saturated heterocycles. The van der Waals surface area contributed by atoms with Crippen LogP contribution in [0.15, 0.2) is 10.3 Å². The first kappa shape index (κ1) is 17.4. The number of anilines is 1. The van der Waals surface area contributed by atoms with Gasteiger partial charge >= 0.3 is 5.69 Å². The second-order valence-corrected chi connectivity index (χ2v) is 7.71. The quantitative estimate of drug-likeness (QED) is 0.602. The average molecular weight is 332 g/mol. The third kappa shape index (κ3) is 3.90. The first-order chi connectivity index (χ1) is 9.73. The van der Waals surface area contributed by atoms with Crippen LogP contribution in [0.3, 0.4) is 0 Å². The molecule has 0 fully saturated rings. The first-order valence-electron chi connectivity index (χ1n) is 6.12. The lowest BCUT2D eigenvalue weighted by molar-refractivity contribution is -0.383. The van der Waals surface area contributed by atoms with Gasteiger partial charge in [0, 0.05) is 26.2 Å². The van der Waals surface area contributed by atoms with Crippen LogP contribution in [0.1, 0.15) is 13.8 Å². The van der Waals surface area contributed by atoms with Crippen molar-refractivity contribution >= 4 is 32.0 Å². The fraction of sp³-hybridized carbons (Fsp3) is 0.545. The zero-order valence-electron chi connectivity index (χ0n) is 11.9. The maximum atomic E-state index is 12.4. The predicted octanol–water partition coefficient (Wildman–Crippen LogP) is 1.87. The molecule has 1 unspecified atom stereocenters. The van der Waals surface area contributed by atoms with Crippen molar-refractivity contribution in [3.63, 3.8) is 0 Å². The highest BCUT2D eigenvalue weighted by molar-refractivity contribution is 7.91. The number of hydrogen-bond donors (Lipinski definition) is 1. The molecule has 1 heterocycles. The summed E-state index contributed by atoms with van der Waals surface area (Å²) in [5.74, 6) is -0.465. The van der Waals surface area contributed by atoms with Crippen LogP contribution in [0.2, 0.25) is 0 Å². The third-order valence-corrected chi connectivity index (χ3v) is 5.99. The normalized spacial score (nSPS) is 12.9. The summed E-state index contributed by atoms with van der Waals surface area (Å²) in [6.07, 6.45) is 0. The summed E-state index contributed by atoms with van der Waals surface area (Å²) in [5.41, 5.74) is -0.262. The Hall–Kier alpha value is -1.70. The highest BCUT2D eigenvalue weighted by Gasteiger charge is 2.29. The van der Waals surface area contributed by atoms with Crippen LogP contribution < -0.4 is 5.32 Å². The lowest BCUT2D eigenvalue weighted by Gasteiger charge is -2.16. The molecule has 0 aromatic carbocycles. The molecule has 0 radical (unpaired) electrons. The summed E-state index contributed by atoms with van der Waals surface area (Å²) in [4.78, 5) is 10.3. The number of nitro groups is 1. The molecule has 1 rings (SSSR count). The molecular formula is C11H16N4O4S2. The predicted molar refractivity (Wildman–Crippen MR) is 79.7 cm³/mol. The van der Waals surface area contributed by atoms with E-state index in [4.69, 9.17) is 5.26 Å². The Morgan fingerprint density at radius 3 is 2.71 bits per heavy atom. The molecule has 0 bridgehead atoms. The third-order valence-electron chi connectivity index (χ3n) is 2.64. The molecule has 0 spiro atoms. The molecule has 116 valence electrons. The van der Waals surface area contributed by atoms with E-state index in [0.29, 0.717) is 6.54 Å². The summed E-state index contributed by atoms with van der Waals surface area (Å²) in [6, 6.07) is 3.00. The second kappa shape index (κ2) is 6.84. The van der Waals surface area contributed by atoms with Gasteiger partial charge < -0.3 is 5.32 Å². The monoisotopic (exact) mass is 332 g/mol. The molecule has 0 amide bonds. The van der Waals surface area contributed by atoms with Gasteiger partial charge in [-0.3, -0.25) is 10.1 Å². The standard InChI is InChI=1S/C11H16N4O4S2/c1-4-13-11-9(15(16)17)5-10(20-11)21(18,19)14(3)7-8(2)6-12/h5,8,13H,4,7H2,1-3H3. The number of thiophene rings is 1. The first-order valence-corrected chi connectivity index (χ1v) is 8.37. The number of sulfonamides is 1. The van der Waals surface area contributed by atoms with Crippen molar-refractivity contribution in [2.75, 3.05) is 25.5 Å². The number of nitrogens with one attached hydrogen (secondary N) is 1. The summed E-state index contributed by atoms with van der Waals surface area (Å²) < 4.78 is 25.6. The fourth-order valence-corrected chi connectivity index (χ4v) is 4.45. The highest BCUT2D eigenvalue weighted by atomic mass is 32.2. The Morgan fingerprint density at radius 1 is 1.62 bits per heavy atom. The van der Waals surface area contributed by atoms with Crippen molar-refractivity contribution in [3.05, 3.63) is 16.2 Å². The van der Waals surface area contributed by atoms with Gasteiger partial charge in [0.1, 0.15) is 4.21 Å². The van der Waals surface area contributed by atoms with Gasteiger partial charge in [-0.2, -0.15) is 9.57 Å². The summed E-state index contributed by atoms with van der Waals surface area (Å²) in [7, 11) is -2.49. The minimum atomic E-state index is -3.84. The molecule has 21 heavy (non-hydrogen) atoms. The van der Waals surface area contributed by atoms with Crippen LogP contribution in [0, 0.1) is 27.4 Å². The van der Waals surface area contributed by atoms with Gasteiger partial charge in [-0.1, -0.05) is 11.3 Å². The smallest absolute Gasteiger partial charge is 0.304 e. The van der Waals surface area contributed by atoms with Crippen molar-refractivity contribution in [1.29, 1.82) is 5.26 Å². The Kier molecular flexibility index (Phi) is 5.65. The largest absolute Gasteiger partial charge is 0.372 e. The lowest BCUT2D eigenvalue weighted by atomic mass is 10.2. The van der Waals surface area contributed by atoms with Crippen LogP contribution in [0.25, 0.3) is 0 Å². The van der Waals surface area contributed by atoms with Crippen LogP contribution in [-0.2, 0) is 10.0 Å². The van der Waals surface area contributed by atoms with Crippen LogP contribution in [0.5, 0.6) is 0 Å². The molecule has 8 nitrogen and oxygen atoms in total. The number of rotatable bonds is 7. The van der Waals surface area contributed by atoms with E-state index in [1.165, 1.54) is 7.05 Å². The van der Waals surface area contributed by atoms with Gasteiger partial charge in [0.2, 0.25) is 0 Å². The van der Waals surface area contributed by atoms with E-state index in [0.717, 1.165) is 21.7 Å². The van der Waals surface area contributed by atoms with E-state index in [1.54, 1.807) is 13.8 Å². The van der Waals surface area contributed by atoms with Gasteiger partial charge in [0.15, 0.2) is 5.00 Å². The fourth-order valence-electron chi connectivity index (χ4n) is 1.59. The molecule has 0 aliphatic carbocycles. The SMILES string of the molecule is CCNc1sc(S(=O)(=O)N(C)CC(C)C#N)cc1[N+](=O)[O-]. The molecule has 1 N–H and O–H groups in total. The van der Waals surface area contributed by atoms with Gasteiger partial charge in [-0.25, -0.2) is 8.42 Å². The molecular weight excluding hydrogens is 316 g/mol. The Morgan fingerprint density at radius 2 is 2.24 bits per heavy atom. The topological polar surface area (TPSA) is 116 Å².